The molecule has 0 saturated carbocycles. The molecule has 0 heterocycles. The van der Waals surface area contributed by atoms with Crippen LogP contribution in [0.1, 0.15) is 12.5 Å². The Morgan fingerprint density at radius 2 is 2.19 bits per heavy atom. The molecule has 0 saturated heterocycles. The monoisotopic (exact) mass is 289 g/mol. The topological polar surface area (TPSA) is 12.5 Å². The molecule has 0 aliphatic rings. The SMILES string of the molecule is COc1ccc(CN(C)C(C)CBr)c(F)c1. The van der Waals surface area contributed by atoms with Crippen molar-refractivity contribution in [3.8, 4) is 5.75 Å². The fourth-order valence-electron chi connectivity index (χ4n) is 1.33. The number of benzene rings is 1. The minimum Gasteiger partial charge on any atom is -0.497 e. The number of hydrogen-bond acceptors (Lipinski definition) is 2. The Hall–Kier alpha value is -0.610. The first-order valence-corrected chi connectivity index (χ1v) is 6.29. The number of nitrogens with zero attached hydrogens (tertiary/aromatic N) is 1. The van der Waals surface area contributed by atoms with Crippen molar-refractivity contribution in [3.05, 3.63) is 29.6 Å². The van der Waals surface area contributed by atoms with Crippen LogP contribution < -0.4 is 4.74 Å². The first-order chi connectivity index (χ1) is 7.58. The maximum absolute atomic E-state index is 13.6. The van der Waals surface area contributed by atoms with Crippen LogP contribution in [-0.4, -0.2) is 30.4 Å². The van der Waals surface area contributed by atoms with Gasteiger partial charge in [-0.1, -0.05) is 22.0 Å². The molecule has 0 radical (unpaired) electrons. The number of halogens is 2. The van der Waals surface area contributed by atoms with E-state index in [0.717, 1.165) is 5.33 Å². The molecule has 0 aromatic heterocycles. The second kappa shape index (κ2) is 6.21. The Balaban J connectivity index is 2.74. The summed E-state index contributed by atoms with van der Waals surface area (Å²) in [6, 6.07) is 5.35. The third-order valence-corrected chi connectivity index (χ3v) is 3.59. The van der Waals surface area contributed by atoms with Gasteiger partial charge in [0, 0.05) is 29.5 Å². The van der Waals surface area contributed by atoms with E-state index in [1.807, 2.05) is 7.05 Å². The van der Waals surface area contributed by atoms with E-state index >= 15 is 0 Å². The molecule has 16 heavy (non-hydrogen) atoms. The molecule has 1 rings (SSSR count). The van der Waals surface area contributed by atoms with Gasteiger partial charge in [-0.15, -0.1) is 0 Å². The van der Waals surface area contributed by atoms with Crippen molar-refractivity contribution in [1.29, 1.82) is 0 Å². The Morgan fingerprint density at radius 1 is 1.50 bits per heavy atom. The van der Waals surface area contributed by atoms with E-state index in [2.05, 4.69) is 27.8 Å². The molecule has 1 unspecified atom stereocenters. The molecule has 0 aliphatic carbocycles. The number of rotatable bonds is 5. The second-order valence-corrected chi connectivity index (χ2v) is 4.52. The van der Waals surface area contributed by atoms with Gasteiger partial charge in [0.15, 0.2) is 0 Å². The van der Waals surface area contributed by atoms with Gasteiger partial charge in [0.25, 0.3) is 0 Å². The molecular formula is C12H17BrFNO. The lowest BCUT2D eigenvalue weighted by Crippen LogP contribution is -2.30. The highest BCUT2D eigenvalue weighted by molar-refractivity contribution is 9.09. The molecule has 1 aromatic carbocycles. The Morgan fingerprint density at radius 3 is 2.69 bits per heavy atom. The van der Waals surface area contributed by atoms with Crippen LogP contribution in [0.3, 0.4) is 0 Å². The normalized spacial score (nSPS) is 12.9. The molecular weight excluding hydrogens is 273 g/mol. The van der Waals surface area contributed by atoms with Gasteiger partial charge < -0.3 is 4.74 Å². The smallest absolute Gasteiger partial charge is 0.131 e. The lowest BCUT2D eigenvalue weighted by molar-refractivity contribution is 0.266. The maximum Gasteiger partial charge on any atom is 0.131 e. The molecule has 4 heteroatoms. The summed E-state index contributed by atoms with van der Waals surface area (Å²) in [5.41, 5.74) is 0.691. The minimum absolute atomic E-state index is 0.215. The zero-order valence-corrected chi connectivity index (χ0v) is 11.4. The first kappa shape index (κ1) is 13.5. The van der Waals surface area contributed by atoms with E-state index in [1.54, 1.807) is 12.1 Å². The maximum atomic E-state index is 13.6. The summed E-state index contributed by atoms with van der Waals surface area (Å²) in [5, 5.41) is 0.876. The van der Waals surface area contributed by atoms with Crippen LogP contribution in [0.5, 0.6) is 5.75 Å². The van der Waals surface area contributed by atoms with Crippen LogP contribution in [0, 0.1) is 5.82 Å². The molecule has 0 spiro atoms. The minimum atomic E-state index is -0.215. The summed E-state index contributed by atoms with van der Waals surface area (Å²) in [7, 11) is 3.52. The first-order valence-electron chi connectivity index (χ1n) is 5.17. The summed E-state index contributed by atoms with van der Waals surface area (Å²) in [6.45, 7) is 2.69. The van der Waals surface area contributed by atoms with Crippen molar-refractivity contribution in [2.45, 2.75) is 19.5 Å². The third kappa shape index (κ3) is 3.46. The molecule has 0 amide bonds. The highest BCUT2D eigenvalue weighted by Crippen LogP contribution is 2.18. The van der Waals surface area contributed by atoms with Gasteiger partial charge >= 0.3 is 0 Å². The Bertz CT molecular complexity index is 346. The number of methoxy groups -OCH3 is 1. The van der Waals surface area contributed by atoms with Crippen LogP contribution in [0.2, 0.25) is 0 Å². The lowest BCUT2D eigenvalue weighted by Gasteiger charge is -2.23. The average molecular weight is 290 g/mol. The zero-order chi connectivity index (χ0) is 12.1. The highest BCUT2D eigenvalue weighted by Gasteiger charge is 2.11. The molecule has 1 aromatic rings. The fourth-order valence-corrected chi connectivity index (χ4v) is 1.82. The van der Waals surface area contributed by atoms with Crippen molar-refractivity contribution >= 4 is 15.9 Å². The van der Waals surface area contributed by atoms with Crippen LogP contribution in [-0.2, 0) is 6.54 Å². The van der Waals surface area contributed by atoms with E-state index in [4.69, 9.17) is 4.74 Å². The summed E-state index contributed by atoms with van der Waals surface area (Å²) >= 11 is 3.41. The third-order valence-electron chi connectivity index (χ3n) is 2.66. The van der Waals surface area contributed by atoms with Crippen LogP contribution in [0.25, 0.3) is 0 Å². The predicted molar refractivity (Wildman–Crippen MR) is 67.7 cm³/mol. The summed E-state index contributed by atoms with van der Waals surface area (Å²) in [6.07, 6.45) is 0. The van der Waals surface area contributed by atoms with Crippen molar-refractivity contribution in [2.75, 3.05) is 19.5 Å². The average Bonchev–Trinajstić information content (AvgIpc) is 2.30. The van der Waals surface area contributed by atoms with Crippen LogP contribution in [0.4, 0.5) is 4.39 Å². The standard InChI is InChI=1S/C12H17BrFNO/c1-9(7-13)15(2)8-10-4-5-11(16-3)6-12(10)14/h4-6,9H,7-8H2,1-3H3. The Kier molecular flexibility index (Phi) is 5.22. The summed E-state index contributed by atoms with van der Waals surface area (Å²) in [5.74, 6) is 0.338. The molecule has 90 valence electrons. The van der Waals surface area contributed by atoms with E-state index in [1.165, 1.54) is 13.2 Å². The number of ether oxygens (including phenoxy) is 1. The second-order valence-electron chi connectivity index (χ2n) is 3.88. The molecule has 0 bridgehead atoms. The van der Waals surface area contributed by atoms with Gasteiger partial charge in [-0.25, -0.2) is 4.39 Å². The van der Waals surface area contributed by atoms with Crippen molar-refractivity contribution < 1.29 is 9.13 Å². The van der Waals surface area contributed by atoms with Gasteiger partial charge in [0.05, 0.1) is 7.11 Å². The van der Waals surface area contributed by atoms with Gasteiger partial charge in [0.1, 0.15) is 11.6 Å². The largest absolute Gasteiger partial charge is 0.497 e. The van der Waals surface area contributed by atoms with Gasteiger partial charge in [-0.05, 0) is 20.0 Å². The van der Waals surface area contributed by atoms with Crippen molar-refractivity contribution in [2.24, 2.45) is 0 Å². The van der Waals surface area contributed by atoms with Crippen LogP contribution in [0.15, 0.2) is 18.2 Å². The van der Waals surface area contributed by atoms with Crippen molar-refractivity contribution in [3.63, 3.8) is 0 Å². The molecule has 0 N–H and O–H groups in total. The van der Waals surface area contributed by atoms with Gasteiger partial charge in [0.2, 0.25) is 0 Å². The quantitative estimate of drug-likeness (QED) is 0.773. The fraction of sp³-hybridized carbons (Fsp3) is 0.500. The van der Waals surface area contributed by atoms with Gasteiger partial charge in [-0.3, -0.25) is 4.90 Å². The summed E-state index contributed by atoms with van der Waals surface area (Å²) in [4.78, 5) is 2.10. The molecule has 0 fully saturated rings. The number of hydrogen-bond donors (Lipinski definition) is 0. The van der Waals surface area contributed by atoms with E-state index in [-0.39, 0.29) is 5.82 Å². The van der Waals surface area contributed by atoms with E-state index < -0.39 is 0 Å². The molecule has 0 aliphatic heterocycles. The number of alkyl halides is 1. The van der Waals surface area contributed by atoms with Crippen LogP contribution >= 0.6 is 15.9 Å². The highest BCUT2D eigenvalue weighted by atomic mass is 79.9. The van der Waals surface area contributed by atoms with E-state index in [0.29, 0.717) is 23.9 Å². The molecule has 1 atom stereocenters. The van der Waals surface area contributed by atoms with Gasteiger partial charge in [-0.2, -0.15) is 0 Å². The Labute approximate surface area is 105 Å². The van der Waals surface area contributed by atoms with E-state index in [9.17, 15) is 4.39 Å². The molecule has 2 nitrogen and oxygen atoms in total. The zero-order valence-electron chi connectivity index (χ0n) is 9.84. The summed E-state index contributed by atoms with van der Waals surface area (Å²) < 4.78 is 18.6. The lowest BCUT2D eigenvalue weighted by atomic mass is 10.2. The van der Waals surface area contributed by atoms with Crippen molar-refractivity contribution in [1.82, 2.24) is 4.90 Å². The predicted octanol–water partition coefficient (Wildman–Crippen LogP) is 3.05.